The van der Waals surface area contributed by atoms with Crippen LogP contribution in [0.25, 0.3) is 0 Å². The Morgan fingerprint density at radius 3 is 2.66 bits per heavy atom. The second kappa shape index (κ2) is 10.1. The molecule has 0 aliphatic carbocycles. The molecule has 2 aliphatic rings. The second-order valence-electron chi connectivity index (χ2n) is 6.98. The summed E-state index contributed by atoms with van der Waals surface area (Å²) >= 11 is 0. The van der Waals surface area contributed by atoms with Crippen LogP contribution in [0.1, 0.15) is 31.2 Å². The lowest BCUT2D eigenvalue weighted by Gasteiger charge is -2.32. The standard InChI is InChI=1S/C19H20FNO3.C3H6O2/c20-15-3-1-13(2-4-15)17-7-8-21-10-14(17)11-22-16-5-6-18-19(9-16)24-12-23-18;1-2-3(4)5/h1-6,9,14,17,21H,7-8,10-12H2;2H2,1H3,(H,4,5)/t14-,17-;/m0./s1. The van der Waals surface area contributed by atoms with Crippen molar-refractivity contribution >= 4 is 5.97 Å². The highest BCUT2D eigenvalue weighted by molar-refractivity contribution is 5.66. The van der Waals surface area contributed by atoms with E-state index in [-0.39, 0.29) is 19.0 Å². The monoisotopic (exact) mass is 403 g/mol. The number of hydrogen-bond donors (Lipinski definition) is 2. The van der Waals surface area contributed by atoms with Gasteiger partial charge in [-0.15, -0.1) is 0 Å². The lowest BCUT2D eigenvalue weighted by molar-refractivity contribution is -0.136. The molecule has 4 rings (SSSR count). The van der Waals surface area contributed by atoms with Gasteiger partial charge in [0.2, 0.25) is 6.79 Å². The highest BCUT2D eigenvalue weighted by Crippen LogP contribution is 2.36. The Kier molecular flexibility index (Phi) is 7.30. The van der Waals surface area contributed by atoms with Crippen LogP contribution in [0, 0.1) is 11.7 Å². The predicted octanol–water partition coefficient (Wildman–Crippen LogP) is 3.81. The zero-order valence-corrected chi connectivity index (χ0v) is 16.4. The summed E-state index contributed by atoms with van der Waals surface area (Å²) in [6, 6.07) is 12.5. The number of nitrogens with one attached hydrogen (secondary N) is 1. The highest BCUT2D eigenvalue weighted by Gasteiger charge is 2.27. The fraction of sp³-hybridized carbons (Fsp3) is 0.409. The van der Waals surface area contributed by atoms with Crippen LogP contribution in [0.3, 0.4) is 0 Å². The SMILES string of the molecule is CCC(=O)O.Fc1ccc([C@@H]2CCNC[C@H]2COc2ccc3c(c2)OCO3)cc1. The normalized spacial score (nSPS) is 19.8. The van der Waals surface area contributed by atoms with Crippen molar-refractivity contribution in [2.75, 3.05) is 26.5 Å². The van der Waals surface area contributed by atoms with E-state index in [4.69, 9.17) is 19.3 Å². The van der Waals surface area contributed by atoms with E-state index in [0.29, 0.717) is 18.4 Å². The maximum atomic E-state index is 13.2. The molecule has 29 heavy (non-hydrogen) atoms. The molecule has 7 heteroatoms. The van der Waals surface area contributed by atoms with Gasteiger partial charge < -0.3 is 24.6 Å². The van der Waals surface area contributed by atoms with Crippen molar-refractivity contribution < 1.29 is 28.5 Å². The predicted molar refractivity (Wildman–Crippen MR) is 106 cm³/mol. The third kappa shape index (κ3) is 5.84. The Balaban J connectivity index is 0.000000431. The summed E-state index contributed by atoms with van der Waals surface area (Å²) in [5.74, 6) is 2.04. The molecular formula is C22H26FNO5. The van der Waals surface area contributed by atoms with E-state index in [2.05, 4.69) is 5.32 Å². The molecule has 1 saturated heterocycles. The Labute approximate surface area is 169 Å². The number of carboxylic acid groups (broad SMARTS) is 1. The van der Waals surface area contributed by atoms with Crippen LogP contribution < -0.4 is 19.5 Å². The zero-order valence-electron chi connectivity index (χ0n) is 16.4. The molecule has 2 heterocycles. The Morgan fingerprint density at radius 2 is 1.93 bits per heavy atom. The number of piperidine rings is 1. The van der Waals surface area contributed by atoms with E-state index in [1.807, 2.05) is 30.3 Å². The van der Waals surface area contributed by atoms with Crippen molar-refractivity contribution in [1.82, 2.24) is 5.32 Å². The van der Waals surface area contributed by atoms with E-state index in [1.54, 1.807) is 6.92 Å². The van der Waals surface area contributed by atoms with Crippen LogP contribution in [-0.4, -0.2) is 37.6 Å². The second-order valence-corrected chi connectivity index (χ2v) is 6.98. The van der Waals surface area contributed by atoms with Gasteiger partial charge in [-0.1, -0.05) is 19.1 Å². The van der Waals surface area contributed by atoms with Crippen molar-refractivity contribution in [2.45, 2.75) is 25.7 Å². The molecule has 156 valence electrons. The van der Waals surface area contributed by atoms with E-state index in [1.165, 1.54) is 17.7 Å². The first kappa shape index (κ1) is 20.9. The molecule has 0 unspecified atom stereocenters. The third-order valence-electron chi connectivity index (χ3n) is 5.02. The Bertz CT molecular complexity index is 811. The summed E-state index contributed by atoms with van der Waals surface area (Å²) < 4.78 is 29.9. The first-order valence-corrected chi connectivity index (χ1v) is 9.77. The zero-order chi connectivity index (χ0) is 20.6. The van der Waals surface area contributed by atoms with Crippen molar-refractivity contribution in [3.63, 3.8) is 0 Å². The number of carboxylic acids is 1. The fourth-order valence-electron chi connectivity index (χ4n) is 3.42. The molecule has 6 nitrogen and oxygen atoms in total. The number of benzene rings is 2. The molecule has 0 aromatic heterocycles. The van der Waals surface area contributed by atoms with Gasteiger partial charge in [0.1, 0.15) is 11.6 Å². The lowest BCUT2D eigenvalue weighted by Crippen LogP contribution is -2.38. The summed E-state index contributed by atoms with van der Waals surface area (Å²) in [5, 5.41) is 11.1. The van der Waals surface area contributed by atoms with Gasteiger partial charge in [0, 0.05) is 24.9 Å². The van der Waals surface area contributed by atoms with Gasteiger partial charge in [-0.2, -0.15) is 0 Å². The molecule has 2 aliphatic heterocycles. The van der Waals surface area contributed by atoms with Crippen molar-refractivity contribution in [1.29, 1.82) is 0 Å². The smallest absolute Gasteiger partial charge is 0.303 e. The summed E-state index contributed by atoms with van der Waals surface area (Å²) in [6.07, 6.45) is 1.25. The van der Waals surface area contributed by atoms with Crippen molar-refractivity contribution in [3.8, 4) is 17.2 Å². The summed E-state index contributed by atoms with van der Waals surface area (Å²) in [7, 11) is 0. The van der Waals surface area contributed by atoms with E-state index < -0.39 is 5.97 Å². The number of ether oxygens (including phenoxy) is 3. The van der Waals surface area contributed by atoms with Gasteiger partial charge in [-0.05, 0) is 48.7 Å². The van der Waals surface area contributed by atoms with Crippen LogP contribution >= 0.6 is 0 Å². The quantitative estimate of drug-likeness (QED) is 0.791. The van der Waals surface area contributed by atoms with Crippen molar-refractivity contribution in [3.05, 3.63) is 53.8 Å². The number of hydrogen-bond acceptors (Lipinski definition) is 5. The van der Waals surface area contributed by atoms with Crippen LogP contribution in [0.5, 0.6) is 17.2 Å². The van der Waals surface area contributed by atoms with E-state index in [9.17, 15) is 9.18 Å². The maximum Gasteiger partial charge on any atom is 0.303 e. The van der Waals surface area contributed by atoms with Gasteiger partial charge in [0.05, 0.1) is 6.61 Å². The Hall–Kier alpha value is -2.80. The minimum absolute atomic E-state index is 0.194. The molecule has 0 amide bonds. The minimum atomic E-state index is -0.745. The lowest BCUT2D eigenvalue weighted by atomic mass is 9.81. The molecule has 2 N–H and O–H groups in total. The number of rotatable bonds is 5. The molecule has 2 aromatic carbocycles. The van der Waals surface area contributed by atoms with Crippen molar-refractivity contribution in [2.24, 2.45) is 5.92 Å². The number of aliphatic carboxylic acids is 1. The van der Waals surface area contributed by atoms with Gasteiger partial charge in [0.25, 0.3) is 0 Å². The highest BCUT2D eigenvalue weighted by atomic mass is 19.1. The van der Waals surface area contributed by atoms with Gasteiger partial charge in [-0.3, -0.25) is 4.79 Å². The van der Waals surface area contributed by atoms with Crippen LogP contribution in [-0.2, 0) is 4.79 Å². The molecule has 0 spiro atoms. The summed E-state index contributed by atoms with van der Waals surface area (Å²) in [6.45, 7) is 4.34. The average molecular weight is 403 g/mol. The molecule has 1 fully saturated rings. The number of fused-ring (bicyclic) bond motifs is 1. The molecule has 0 radical (unpaired) electrons. The summed E-state index contributed by atoms with van der Waals surface area (Å²) in [4.78, 5) is 9.37. The average Bonchev–Trinajstić information content (AvgIpc) is 3.21. The molecule has 2 aromatic rings. The van der Waals surface area contributed by atoms with Crippen LogP contribution in [0.2, 0.25) is 0 Å². The molecule has 0 bridgehead atoms. The number of carbonyl (C=O) groups is 1. The maximum absolute atomic E-state index is 13.2. The van der Waals surface area contributed by atoms with Crippen LogP contribution in [0.4, 0.5) is 4.39 Å². The van der Waals surface area contributed by atoms with Gasteiger partial charge in [-0.25, -0.2) is 4.39 Å². The van der Waals surface area contributed by atoms with E-state index >= 15 is 0 Å². The van der Waals surface area contributed by atoms with Crippen LogP contribution in [0.15, 0.2) is 42.5 Å². The van der Waals surface area contributed by atoms with Gasteiger partial charge >= 0.3 is 5.97 Å². The largest absolute Gasteiger partial charge is 0.493 e. The third-order valence-corrected chi connectivity index (χ3v) is 5.02. The molecule has 2 atom stereocenters. The first-order chi connectivity index (χ1) is 14.1. The molecule has 0 saturated carbocycles. The van der Waals surface area contributed by atoms with E-state index in [0.717, 1.165) is 36.8 Å². The van der Waals surface area contributed by atoms with Gasteiger partial charge in [0.15, 0.2) is 11.5 Å². The first-order valence-electron chi connectivity index (χ1n) is 9.77. The fourth-order valence-corrected chi connectivity index (χ4v) is 3.42. The summed E-state index contributed by atoms with van der Waals surface area (Å²) in [5.41, 5.74) is 1.18. The topological polar surface area (TPSA) is 77.0 Å². The molecular weight excluding hydrogens is 377 g/mol. The Morgan fingerprint density at radius 1 is 1.21 bits per heavy atom. The minimum Gasteiger partial charge on any atom is -0.493 e. The number of halogens is 1.